The van der Waals surface area contributed by atoms with E-state index in [4.69, 9.17) is 23.6 Å². The third-order valence-electron chi connectivity index (χ3n) is 2.43. The Balaban J connectivity index is 2.40. The van der Waals surface area contributed by atoms with Crippen molar-refractivity contribution in [3.8, 4) is 0 Å². The molecule has 0 aliphatic rings. The monoisotopic (exact) mass is 251 g/mol. The number of benzene rings is 2. The fraction of sp³-hybridized carbons (Fsp3) is 0.0769. The van der Waals surface area contributed by atoms with E-state index in [1.807, 2.05) is 60.7 Å². The fourth-order valence-electron chi connectivity index (χ4n) is 1.69. The first-order valence-corrected chi connectivity index (χ1v) is 5.67. The Labute approximate surface area is 105 Å². The molecule has 1 nitrogen and oxygen atoms in total. The predicted molar refractivity (Wildman–Crippen MR) is 68.3 cm³/mol. The largest absolute Gasteiger partial charge is 0.120 e. The summed E-state index contributed by atoms with van der Waals surface area (Å²) in [4.78, 5) is 0. The van der Waals surface area contributed by atoms with E-state index in [-0.39, 0.29) is 6.04 Å². The van der Waals surface area contributed by atoms with Gasteiger partial charge in [0.1, 0.15) is 0 Å². The van der Waals surface area contributed by atoms with Crippen LogP contribution in [0.3, 0.4) is 0 Å². The number of halogens is 2. The second-order valence-corrected chi connectivity index (χ2v) is 4.38. The number of nitrogens with zero attached hydrogens (tertiary/aromatic N) is 1. The highest BCUT2D eigenvalue weighted by molar-refractivity contribution is 6.34. The molecule has 0 saturated carbocycles. The molecule has 16 heavy (non-hydrogen) atoms. The molecule has 0 aliphatic carbocycles. The van der Waals surface area contributed by atoms with Gasteiger partial charge in [-0.3, -0.25) is 0 Å². The molecule has 0 amide bonds. The summed E-state index contributed by atoms with van der Waals surface area (Å²) in [7, 11) is 0. The highest BCUT2D eigenvalue weighted by Crippen LogP contribution is 2.31. The Morgan fingerprint density at radius 1 is 0.688 bits per heavy atom. The summed E-state index contributed by atoms with van der Waals surface area (Å²) in [6.45, 7) is 0. The summed E-state index contributed by atoms with van der Waals surface area (Å²) in [6.07, 6.45) is 0. The number of hydrogen-bond acceptors (Lipinski definition) is 1. The van der Waals surface area contributed by atoms with Crippen molar-refractivity contribution in [2.45, 2.75) is 6.04 Å². The number of hydrogen-bond donors (Lipinski definition) is 0. The Morgan fingerprint density at radius 3 is 1.38 bits per heavy atom. The topological polar surface area (TPSA) is 3.24 Å². The van der Waals surface area contributed by atoms with Crippen LogP contribution >= 0.6 is 23.6 Å². The Hall–Kier alpha value is -1.02. The normalized spacial score (nSPS) is 11.0. The van der Waals surface area contributed by atoms with Crippen LogP contribution in [0.15, 0.2) is 60.7 Å². The first kappa shape index (κ1) is 11.5. The first-order chi connectivity index (χ1) is 7.79. The van der Waals surface area contributed by atoms with Gasteiger partial charge in [0.25, 0.3) is 0 Å². The van der Waals surface area contributed by atoms with Crippen LogP contribution in [0.5, 0.6) is 0 Å². The summed E-state index contributed by atoms with van der Waals surface area (Å²) in [5.74, 6) is 0. The zero-order valence-electron chi connectivity index (χ0n) is 8.55. The lowest BCUT2D eigenvalue weighted by Gasteiger charge is -2.20. The van der Waals surface area contributed by atoms with Gasteiger partial charge in [-0.25, -0.2) is 0 Å². The van der Waals surface area contributed by atoms with Gasteiger partial charge < -0.3 is 0 Å². The summed E-state index contributed by atoms with van der Waals surface area (Å²) in [5, 5.41) is 0. The highest BCUT2D eigenvalue weighted by Gasteiger charge is 2.18. The predicted octanol–water partition coefficient (Wildman–Crippen LogP) is 4.39. The minimum absolute atomic E-state index is 0.134. The lowest BCUT2D eigenvalue weighted by molar-refractivity contribution is 0.591. The van der Waals surface area contributed by atoms with Crippen molar-refractivity contribution in [1.29, 1.82) is 0 Å². The molecule has 2 rings (SSSR count). The Kier molecular flexibility index (Phi) is 3.83. The molecule has 0 aromatic heterocycles. The van der Waals surface area contributed by atoms with Crippen LogP contribution in [0.25, 0.3) is 0 Å². The van der Waals surface area contributed by atoms with E-state index in [1.165, 1.54) is 3.94 Å². The maximum atomic E-state index is 5.91. The van der Waals surface area contributed by atoms with Crippen LogP contribution < -0.4 is 0 Å². The third-order valence-corrected chi connectivity index (χ3v) is 2.82. The molecule has 0 heterocycles. The van der Waals surface area contributed by atoms with Gasteiger partial charge in [0.05, 0.1) is 6.04 Å². The van der Waals surface area contributed by atoms with Crippen LogP contribution in [-0.2, 0) is 0 Å². The molecule has 0 N–H and O–H groups in total. The zero-order chi connectivity index (χ0) is 11.4. The standard InChI is InChI=1S/C13H11Cl2N/c14-16(15)13(11-7-3-1-4-8-11)12-9-5-2-6-10-12/h1-10,13H. The maximum absolute atomic E-state index is 5.91. The molecule has 0 unspecified atom stereocenters. The average molecular weight is 252 g/mol. The molecule has 0 atom stereocenters. The minimum atomic E-state index is -0.134. The van der Waals surface area contributed by atoms with Crippen molar-refractivity contribution in [2.75, 3.05) is 0 Å². The summed E-state index contributed by atoms with van der Waals surface area (Å²) in [6, 6.07) is 19.7. The Bertz CT molecular complexity index is 389. The third kappa shape index (κ3) is 2.56. The van der Waals surface area contributed by atoms with Crippen molar-refractivity contribution in [2.24, 2.45) is 0 Å². The van der Waals surface area contributed by atoms with E-state index in [2.05, 4.69) is 0 Å². The lowest BCUT2D eigenvalue weighted by Crippen LogP contribution is -2.11. The zero-order valence-corrected chi connectivity index (χ0v) is 10.1. The molecule has 2 aromatic rings. The number of rotatable bonds is 3. The lowest BCUT2D eigenvalue weighted by atomic mass is 10.00. The van der Waals surface area contributed by atoms with Gasteiger partial charge in [-0.15, -0.1) is 3.94 Å². The van der Waals surface area contributed by atoms with E-state index < -0.39 is 0 Å². The van der Waals surface area contributed by atoms with Crippen LogP contribution in [0.2, 0.25) is 0 Å². The van der Waals surface area contributed by atoms with Crippen molar-refractivity contribution < 1.29 is 0 Å². The van der Waals surface area contributed by atoms with Crippen LogP contribution in [-0.4, -0.2) is 3.94 Å². The van der Waals surface area contributed by atoms with Gasteiger partial charge in [0.2, 0.25) is 0 Å². The maximum Gasteiger partial charge on any atom is 0.0915 e. The van der Waals surface area contributed by atoms with Crippen LogP contribution in [0, 0.1) is 0 Å². The summed E-state index contributed by atoms with van der Waals surface area (Å²) < 4.78 is 1.19. The molecule has 0 spiro atoms. The van der Waals surface area contributed by atoms with E-state index in [0.29, 0.717) is 0 Å². The molecule has 82 valence electrons. The SMILES string of the molecule is ClN(Cl)C(c1ccccc1)c1ccccc1. The molecular weight excluding hydrogens is 241 g/mol. The van der Waals surface area contributed by atoms with Crippen molar-refractivity contribution >= 4 is 23.6 Å². The van der Waals surface area contributed by atoms with Crippen molar-refractivity contribution in [3.05, 3.63) is 71.8 Å². The van der Waals surface area contributed by atoms with Crippen LogP contribution in [0.1, 0.15) is 17.2 Å². The van der Waals surface area contributed by atoms with Gasteiger partial charge in [-0.2, -0.15) is 0 Å². The van der Waals surface area contributed by atoms with E-state index in [0.717, 1.165) is 11.1 Å². The van der Waals surface area contributed by atoms with Crippen molar-refractivity contribution in [3.63, 3.8) is 0 Å². The Morgan fingerprint density at radius 2 is 1.06 bits per heavy atom. The van der Waals surface area contributed by atoms with E-state index in [9.17, 15) is 0 Å². The van der Waals surface area contributed by atoms with Gasteiger partial charge in [-0.1, -0.05) is 60.7 Å². The molecule has 3 heteroatoms. The van der Waals surface area contributed by atoms with Gasteiger partial charge >= 0.3 is 0 Å². The molecule has 0 saturated heterocycles. The minimum Gasteiger partial charge on any atom is -0.120 e. The molecule has 0 radical (unpaired) electrons. The molecule has 2 aromatic carbocycles. The second-order valence-electron chi connectivity index (χ2n) is 3.48. The quantitative estimate of drug-likeness (QED) is 0.732. The van der Waals surface area contributed by atoms with Gasteiger partial charge in [0, 0.05) is 0 Å². The molecule has 0 bridgehead atoms. The van der Waals surface area contributed by atoms with E-state index in [1.54, 1.807) is 0 Å². The van der Waals surface area contributed by atoms with E-state index >= 15 is 0 Å². The smallest absolute Gasteiger partial charge is 0.0915 e. The average Bonchev–Trinajstić information content (AvgIpc) is 2.31. The molecule has 0 aliphatic heterocycles. The van der Waals surface area contributed by atoms with Crippen molar-refractivity contribution in [1.82, 2.24) is 3.94 Å². The van der Waals surface area contributed by atoms with Gasteiger partial charge in [0.15, 0.2) is 0 Å². The summed E-state index contributed by atoms with van der Waals surface area (Å²) >= 11 is 11.8. The molecular formula is C13H11Cl2N. The fourth-order valence-corrected chi connectivity index (χ4v) is 2.14. The van der Waals surface area contributed by atoms with Crippen LogP contribution in [0.4, 0.5) is 0 Å². The second kappa shape index (κ2) is 5.35. The first-order valence-electron chi connectivity index (χ1n) is 4.99. The summed E-state index contributed by atoms with van der Waals surface area (Å²) in [5.41, 5.74) is 2.14. The van der Waals surface area contributed by atoms with Gasteiger partial charge in [-0.05, 0) is 34.7 Å². The highest BCUT2D eigenvalue weighted by atomic mass is 35.5. The molecule has 0 fully saturated rings.